The summed E-state index contributed by atoms with van der Waals surface area (Å²) in [5.41, 5.74) is -5.14. The topological polar surface area (TPSA) is 50.1 Å². The van der Waals surface area contributed by atoms with Gasteiger partial charge in [-0.1, -0.05) is 15.9 Å². The highest BCUT2D eigenvalue weighted by Gasteiger charge is 2.33. The Balaban J connectivity index is 3.44. The minimum Gasteiger partial charge on any atom is -0.465 e. The van der Waals surface area contributed by atoms with Crippen molar-refractivity contribution in [2.75, 3.05) is 7.11 Å². The zero-order chi connectivity index (χ0) is 13.9. The van der Waals surface area contributed by atoms with Crippen LogP contribution >= 0.6 is 27.7 Å². The zero-order valence-corrected chi connectivity index (χ0v) is 11.2. The highest BCUT2D eigenvalue weighted by atomic mass is 79.9. The Labute approximate surface area is 113 Å². The van der Waals surface area contributed by atoms with E-state index in [1.807, 2.05) is 0 Å². The van der Waals surface area contributed by atoms with Crippen molar-refractivity contribution < 1.29 is 22.7 Å². The number of nitrogens with zero attached hydrogens (tertiary/aromatic N) is 1. The lowest BCUT2D eigenvalue weighted by Gasteiger charge is -2.11. The number of thioether (sulfide) groups is 1. The molecule has 0 atom stereocenters. The van der Waals surface area contributed by atoms with E-state index < -0.39 is 28.1 Å². The smallest absolute Gasteiger partial charge is 0.446 e. The van der Waals surface area contributed by atoms with Gasteiger partial charge in [0.1, 0.15) is 6.07 Å². The highest BCUT2D eigenvalue weighted by Crippen LogP contribution is 2.41. The predicted octanol–water partition coefficient (Wildman–Crippen LogP) is 3.72. The molecule has 1 rings (SSSR count). The lowest BCUT2D eigenvalue weighted by Crippen LogP contribution is -2.08. The van der Waals surface area contributed by atoms with Crippen LogP contribution in [0.25, 0.3) is 0 Å². The first-order chi connectivity index (χ1) is 8.28. The third kappa shape index (κ3) is 3.65. The number of benzene rings is 1. The summed E-state index contributed by atoms with van der Waals surface area (Å²) in [5.74, 6) is -0.931. The number of hydrogen-bond donors (Lipinski definition) is 0. The largest absolute Gasteiger partial charge is 0.465 e. The molecule has 0 aliphatic heterocycles. The van der Waals surface area contributed by atoms with Crippen LogP contribution in [0.3, 0.4) is 0 Å². The second-order valence-electron chi connectivity index (χ2n) is 2.98. The monoisotopic (exact) mass is 339 g/mol. The molecule has 3 nitrogen and oxygen atoms in total. The summed E-state index contributed by atoms with van der Waals surface area (Å²) >= 11 is 2.50. The fourth-order valence-electron chi connectivity index (χ4n) is 1.16. The van der Waals surface area contributed by atoms with Crippen LogP contribution in [0.15, 0.2) is 21.5 Å². The van der Waals surface area contributed by atoms with Crippen LogP contribution in [-0.4, -0.2) is 18.6 Å². The van der Waals surface area contributed by atoms with Gasteiger partial charge < -0.3 is 4.74 Å². The maximum Gasteiger partial charge on any atom is 0.446 e. The van der Waals surface area contributed by atoms with E-state index in [4.69, 9.17) is 5.26 Å². The van der Waals surface area contributed by atoms with Crippen LogP contribution < -0.4 is 0 Å². The molecule has 0 aromatic heterocycles. The molecule has 0 fully saturated rings. The number of ether oxygens (including phenoxy) is 1. The van der Waals surface area contributed by atoms with Gasteiger partial charge in [0.05, 0.1) is 18.2 Å². The third-order valence-corrected chi connectivity index (χ3v) is 3.13. The first kappa shape index (κ1) is 14.9. The molecule has 0 spiro atoms. The van der Waals surface area contributed by atoms with Crippen molar-refractivity contribution in [2.24, 2.45) is 0 Å². The van der Waals surface area contributed by atoms with E-state index in [1.165, 1.54) is 12.1 Å². The molecule has 0 heterocycles. The maximum atomic E-state index is 12.4. The summed E-state index contributed by atoms with van der Waals surface area (Å²) in [6, 6.07) is 4.01. The van der Waals surface area contributed by atoms with Crippen molar-refractivity contribution in [1.82, 2.24) is 0 Å². The average molecular weight is 340 g/mol. The Bertz CT molecular complexity index is 525. The van der Waals surface area contributed by atoms with Gasteiger partial charge in [0.25, 0.3) is 0 Å². The molecule has 0 unspecified atom stereocenters. The summed E-state index contributed by atoms with van der Waals surface area (Å²) in [4.78, 5) is 10.9. The van der Waals surface area contributed by atoms with Gasteiger partial charge >= 0.3 is 11.5 Å². The van der Waals surface area contributed by atoms with Gasteiger partial charge in [0.15, 0.2) is 0 Å². The van der Waals surface area contributed by atoms with E-state index in [0.29, 0.717) is 4.47 Å². The van der Waals surface area contributed by atoms with Crippen LogP contribution in [0, 0.1) is 11.3 Å². The van der Waals surface area contributed by atoms with Crippen LogP contribution in [-0.2, 0) is 4.74 Å². The fraction of sp³-hybridized carbons (Fsp3) is 0.200. The van der Waals surface area contributed by atoms with E-state index >= 15 is 0 Å². The molecule has 18 heavy (non-hydrogen) atoms. The Morgan fingerprint density at radius 3 is 2.56 bits per heavy atom. The van der Waals surface area contributed by atoms with Gasteiger partial charge in [-0.15, -0.1) is 0 Å². The first-order valence-corrected chi connectivity index (χ1v) is 5.97. The molecular formula is C10H5BrF3NO2S. The average Bonchev–Trinajstić information content (AvgIpc) is 2.28. The quantitative estimate of drug-likeness (QED) is 0.608. The summed E-state index contributed by atoms with van der Waals surface area (Å²) in [6.07, 6.45) is 0. The Morgan fingerprint density at radius 2 is 2.11 bits per heavy atom. The number of rotatable bonds is 2. The number of esters is 1. The standard InChI is InChI=1S/C10H5BrF3NO2S/c1-17-9(16)7-3-6(11)2-5(4-15)8(7)18-10(12,13)14/h2-3H,1H3. The summed E-state index contributed by atoms with van der Waals surface area (Å²) in [5, 5.41) is 8.82. The minimum absolute atomic E-state index is 0.243. The van der Waals surface area contributed by atoms with Gasteiger partial charge in [-0.3, -0.25) is 0 Å². The van der Waals surface area contributed by atoms with Gasteiger partial charge in [0.2, 0.25) is 0 Å². The second kappa shape index (κ2) is 5.63. The zero-order valence-electron chi connectivity index (χ0n) is 8.84. The fourth-order valence-corrected chi connectivity index (χ4v) is 2.32. The first-order valence-electron chi connectivity index (χ1n) is 4.36. The molecule has 0 amide bonds. The molecule has 96 valence electrons. The Hall–Kier alpha value is -1.20. The van der Waals surface area contributed by atoms with Crippen LogP contribution in [0.4, 0.5) is 13.2 Å². The van der Waals surface area contributed by atoms with E-state index in [9.17, 15) is 18.0 Å². The van der Waals surface area contributed by atoms with Crippen molar-refractivity contribution in [3.63, 3.8) is 0 Å². The van der Waals surface area contributed by atoms with Crippen molar-refractivity contribution in [3.05, 3.63) is 27.7 Å². The van der Waals surface area contributed by atoms with E-state index in [1.54, 1.807) is 6.07 Å². The van der Waals surface area contributed by atoms with Crippen LogP contribution in [0.1, 0.15) is 15.9 Å². The lowest BCUT2D eigenvalue weighted by molar-refractivity contribution is -0.0328. The molecule has 0 aliphatic carbocycles. The molecule has 0 bridgehead atoms. The van der Waals surface area contributed by atoms with Crippen molar-refractivity contribution in [3.8, 4) is 6.07 Å². The maximum absolute atomic E-state index is 12.4. The van der Waals surface area contributed by atoms with E-state index in [-0.39, 0.29) is 11.1 Å². The van der Waals surface area contributed by atoms with Gasteiger partial charge in [-0.05, 0) is 23.9 Å². The van der Waals surface area contributed by atoms with Crippen LogP contribution in [0.5, 0.6) is 0 Å². The van der Waals surface area contributed by atoms with Crippen molar-refractivity contribution in [1.29, 1.82) is 5.26 Å². The van der Waals surface area contributed by atoms with E-state index in [0.717, 1.165) is 7.11 Å². The van der Waals surface area contributed by atoms with Crippen LogP contribution in [0.2, 0.25) is 0 Å². The Morgan fingerprint density at radius 1 is 1.50 bits per heavy atom. The Kier molecular flexibility index (Phi) is 4.65. The predicted molar refractivity (Wildman–Crippen MR) is 62.1 cm³/mol. The highest BCUT2D eigenvalue weighted by molar-refractivity contribution is 9.10. The lowest BCUT2D eigenvalue weighted by atomic mass is 10.1. The summed E-state index contributed by atoms with van der Waals surface area (Å²) in [6.45, 7) is 0. The second-order valence-corrected chi connectivity index (χ2v) is 4.97. The minimum atomic E-state index is -4.60. The number of methoxy groups -OCH3 is 1. The normalized spacial score (nSPS) is 10.9. The van der Waals surface area contributed by atoms with Crippen molar-refractivity contribution >= 4 is 33.7 Å². The molecule has 0 aliphatic rings. The molecule has 0 radical (unpaired) electrons. The molecule has 8 heteroatoms. The number of alkyl halides is 3. The summed E-state index contributed by atoms with van der Waals surface area (Å²) in [7, 11) is 1.05. The molecule has 0 saturated carbocycles. The number of halogens is 4. The molecule has 0 saturated heterocycles. The number of nitriles is 1. The number of hydrogen-bond acceptors (Lipinski definition) is 4. The third-order valence-electron chi connectivity index (χ3n) is 1.80. The van der Waals surface area contributed by atoms with Crippen molar-refractivity contribution in [2.45, 2.75) is 10.4 Å². The SMILES string of the molecule is COC(=O)c1cc(Br)cc(C#N)c1SC(F)(F)F. The molecule has 1 aromatic carbocycles. The van der Waals surface area contributed by atoms with E-state index in [2.05, 4.69) is 20.7 Å². The molecule has 0 N–H and O–H groups in total. The molecule has 1 aromatic rings. The van der Waals surface area contributed by atoms with Gasteiger partial charge in [0, 0.05) is 9.37 Å². The molecular weight excluding hydrogens is 335 g/mol. The number of carbonyl (C=O) groups is 1. The number of carbonyl (C=O) groups excluding carboxylic acids is 1. The van der Waals surface area contributed by atoms with Gasteiger partial charge in [-0.2, -0.15) is 18.4 Å². The van der Waals surface area contributed by atoms with Gasteiger partial charge in [-0.25, -0.2) is 4.79 Å². The summed E-state index contributed by atoms with van der Waals surface area (Å²) < 4.78 is 41.9.